The van der Waals surface area contributed by atoms with Crippen molar-refractivity contribution in [1.29, 1.82) is 0 Å². The molecule has 28 heavy (non-hydrogen) atoms. The first kappa shape index (κ1) is 20.5. The van der Waals surface area contributed by atoms with Gasteiger partial charge in [0.25, 0.3) is 5.91 Å². The van der Waals surface area contributed by atoms with Gasteiger partial charge >= 0.3 is 0 Å². The smallest absolute Gasteiger partial charge is 0.251 e. The summed E-state index contributed by atoms with van der Waals surface area (Å²) in [6, 6.07) is 13.7. The van der Waals surface area contributed by atoms with Crippen LogP contribution in [0.5, 0.6) is 0 Å². The minimum Gasteiger partial charge on any atom is -0.377 e. The van der Waals surface area contributed by atoms with Crippen molar-refractivity contribution in [3.63, 3.8) is 0 Å². The molecule has 7 heteroatoms. The van der Waals surface area contributed by atoms with E-state index in [1.807, 2.05) is 38.1 Å². The Kier molecular flexibility index (Phi) is 6.49. The lowest BCUT2D eigenvalue weighted by Gasteiger charge is -2.17. The number of amides is 1. The maximum Gasteiger partial charge on any atom is 0.251 e. The Morgan fingerprint density at radius 2 is 1.89 bits per heavy atom. The van der Waals surface area contributed by atoms with Crippen LogP contribution in [-0.4, -0.2) is 33.6 Å². The van der Waals surface area contributed by atoms with Gasteiger partial charge in [-0.15, -0.1) is 0 Å². The molecule has 1 saturated heterocycles. The van der Waals surface area contributed by atoms with Crippen molar-refractivity contribution >= 4 is 15.9 Å². The fourth-order valence-corrected chi connectivity index (χ4v) is 4.37. The van der Waals surface area contributed by atoms with Crippen LogP contribution in [0.1, 0.15) is 47.3 Å². The molecule has 0 bridgehead atoms. The number of carbonyl (C=O) groups is 1. The van der Waals surface area contributed by atoms with Gasteiger partial charge in [-0.1, -0.05) is 24.3 Å². The highest BCUT2D eigenvalue weighted by molar-refractivity contribution is 7.89. The molecule has 2 unspecified atom stereocenters. The second-order valence-corrected chi connectivity index (χ2v) is 8.83. The molecular formula is C21H26N2O4S. The van der Waals surface area contributed by atoms with E-state index < -0.39 is 10.0 Å². The van der Waals surface area contributed by atoms with E-state index in [-0.39, 0.29) is 29.5 Å². The number of hydrogen-bond acceptors (Lipinski definition) is 4. The lowest BCUT2D eigenvalue weighted by Crippen LogP contribution is -2.32. The van der Waals surface area contributed by atoms with Crippen LogP contribution in [0.2, 0.25) is 0 Å². The van der Waals surface area contributed by atoms with Crippen molar-refractivity contribution in [2.45, 2.75) is 43.7 Å². The number of carbonyl (C=O) groups excluding carboxylic acids is 1. The van der Waals surface area contributed by atoms with Gasteiger partial charge in [-0.2, -0.15) is 0 Å². The van der Waals surface area contributed by atoms with Crippen LogP contribution in [0.15, 0.2) is 53.4 Å². The predicted molar refractivity (Wildman–Crippen MR) is 108 cm³/mol. The van der Waals surface area contributed by atoms with Gasteiger partial charge < -0.3 is 10.1 Å². The molecule has 150 valence electrons. The van der Waals surface area contributed by atoms with Crippen molar-refractivity contribution < 1.29 is 17.9 Å². The quantitative estimate of drug-likeness (QED) is 0.746. The molecule has 0 radical (unpaired) electrons. The first-order valence-corrected chi connectivity index (χ1v) is 10.9. The van der Waals surface area contributed by atoms with Crippen molar-refractivity contribution in [2.75, 3.05) is 13.2 Å². The molecule has 1 aliphatic rings. The Morgan fingerprint density at radius 3 is 2.54 bits per heavy atom. The van der Waals surface area contributed by atoms with Gasteiger partial charge in [-0.3, -0.25) is 4.79 Å². The lowest BCUT2D eigenvalue weighted by atomic mass is 10.0. The average molecular weight is 403 g/mol. The number of aryl methyl sites for hydroxylation is 1. The summed E-state index contributed by atoms with van der Waals surface area (Å²) in [6.45, 7) is 4.87. The van der Waals surface area contributed by atoms with E-state index in [2.05, 4.69) is 10.0 Å². The minimum absolute atomic E-state index is 0.0669. The van der Waals surface area contributed by atoms with Gasteiger partial charge in [0.15, 0.2) is 0 Å². The first-order chi connectivity index (χ1) is 13.4. The highest BCUT2D eigenvalue weighted by Gasteiger charge is 2.21. The third-order valence-corrected chi connectivity index (χ3v) is 6.39. The van der Waals surface area contributed by atoms with Crippen molar-refractivity contribution in [2.24, 2.45) is 0 Å². The van der Waals surface area contributed by atoms with E-state index in [0.717, 1.165) is 24.0 Å². The molecule has 0 spiro atoms. The molecule has 1 aliphatic heterocycles. The maximum atomic E-state index is 12.5. The summed E-state index contributed by atoms with van der Waals surface area (Å²) in [5, 5.41) is 2.95. The Hall–Kier alpha value is -2.22. The highest BCUT2D eigenvalue weighted by Crippen LogP contribution is 2.18. The summed E-state index contributed by atoms with van der Waals surface area (Å²) in [5.41, 5.74) is 2.57. The van der Waals surface area contributed by atoms with Crippen LogP contribution >= 0.6 is 0 Å². The molecule has 3 rings (SSSR count). The number of hydrogen-bond donors (Lipinski definition) is 2. The summed E-state index contributed by atoms with van der Waals surface area (Å²) in [4.78, 5) is 12.6. The van der Waals surface area contributed by atoms with Gasteiger partial charge in [-0.05, 0) is 62.1 Å². The monoisotopic (exact) mass is 402 g/mol. The molecule has 0 aromatic heterocycles. The standard InChI is InChI=1S/C21H26N2O4S/c1-15-6-3-4-8-20(15)16(2)23-21(24)17-9-11-19(12-10-17)28(25,26)22-14-18-7-5-13-27-18/h3-4,6,8-12,16,18,22H,5,7,13-14H2,1-2H3,(H,23,24). The average Bonchev–Trinajstić information content (AvgIpc) is 3.20. The first-order valence-electron chi connectivity index (χ1n) is 9.44. The van der Waals surface area contributed by atoms with Gasteiger partial charge in [0.1, 0.15) is 0 Å². The SMILES string of the molecule is Cc1ccccc1C(C)NC(=O)c1ccc(S(=O)(=O)NCC2CCCO2)cc1. The van der Waals surface area contributed by atoms with E-state index >= 15 is 0 Å². The van der Waals surface area contributed by atoms with Crippen molar-refractivity contribution in [1.82, 2.24) is 10.0 Å². The predicted octanol–water partition coefficient (Wildman–Crippen LogP) is 2.94. The van der Waals surface area contributed by atoms with Crippen LogP contribution in [0.4, 0.5) is 0 Å². The van der Waals surface area contributed by atoms with E-state index in [1.165, 1.54) is 24.3 Å². The number of nitrogens with one attached hydrogen (secondary N) is 2. The summed E-state index contributed by atoms with van der Waals surface area (Å²) < 4.78 is 32.8. The summed E-state index contributed by atoms with van der Waals surface area (Å²) >= 11 is 0. The number of sulfonamides is 1. The Bertz CT molecular complexity index is 920. The van der Waals surface area contributed by atoms with Crippen LogP contribution in [0.25, 0.3) is 0 Å². The van der Waals surface area contributed by atoms with Crippen LogP contribution in [-0.2, 0) is 14.8 Å². The zero-order valence-corrected chi connectivity index (χ0v) is 17.0. The molecule has 1 amide bonds. The molecule has 2 atom stereocenters. The molecule has 2 aromatic carbocycles. The van der Waals surface area contributed by atoms with Gasteiger partial charge in [0.05, 0.1) is 17.0 Å². The van der Waals surface area contributed by atoms with E-state index in [9.17, 15) is 13.2 Å². The largest absolute Gasteiger partial charge is 0.377 e. The Morgan fingerprint density at radius 1 is 1.18 bits per heavy atom. The number of ether oxygens (including phenoxy) is 1. The third-order valence-electron chi connectivity index (χ3n) is 4.95. The molecule has 0 aliphatic carbocycles. The molecule has 2 aromatic rings. The van der Waals surface area contributed by atoms with E-state index in [4.69, 9.17) is 4.74 Å². The second kappa shape index (κ2) is 8.86. The van der Waals surface area contributed by atoms with E-state index in [1.54, 1.807) is 0 Å². The summed E-state index contributed by atoms with van der Waals surface area (Å²) in [5.74, 6) is -0.244. The highest BCUT2D eigenvalue weighted by atomic mass is 32.2. The van der Waals surface area contributed by atoms with Crippen LogP contribution in [0.3, 0.4) is 0 Å². The topological polar surface area (TPSA) is 84.5 Å². The second-order valence-electron chi connectivity index (χ2n) is 7.06. The molecular weight excluding hydrogens is 376 g/mol. The number of benzene rings is 2. The molecule has 2 N–H and O–H groups in total. The van der Waals surface area contributed by atoms with Gasteiger partial charge in [0, 0.05) is 18.7 Å². The van der Waals surface area contributed by atoms with E-state index in [0.29, 0.717) is 12.2 Å². The van der Waals surface area contributed by atoms with Crippen LogP contribution < -0.4 is 10.0 Å². The van der Waals surface area contributed by atoms with Crippen LogP contribution in [0, 0.1) is 6.92 Å². The third kappa shape index (κ3) is 4.98. The summed E-state index contributed by atoms with van der Waals surface area (Å²) in [6.07, 6.45) is 1.75. The minimum atomic E-state index is -3.62. The Balaban J connectivity index is 1.62. The molecule has 0 saturated carbocycles. The fourth-order valence-electron chi connectivity index (χ4n) is 3.31. The fraction of sp³-hybridized carbons (Fsp3) is 0.381. The van der Waals surface area contributed by atoms with Crippen molar-refractivity contribution in [3.05, 3.63) is 65.2 Å². The van der Waals surface area contributed by atoms with Gasteiger partial charge in [0.2, 0.25) is 10.0 Å². The van der Waals surface area contributed by atoms with Gasteiger partial charge in [-0.25, -0.2) is 13.1 Å². The number of rotatable bonds is 7. The normalized spacial score (nSPS) is 18.0. The lowest BCUT2D eigenvalue weighted by molar-refractivity contribution is 0.0939. The Labute approximate surface area is 166 Å². The zero-order valence-electron chi connectivity index (χ0n) is 16.1. The molecule has 1 heterocycles. The maximum absolute atomic E-state index is 12.5. The zero-order chi connectivity index (χ0) is 20.1. The molecule has 6 nitrogen and oxygen atoms in total. The summed E-state index contributed by atoms with van der Waals surface area (Å²) in [7, 11) is -3.62. The molecule has 1 fully saturated rings. The van der Waals surface area contributed by atoms with Crippen molar-refractivity contribution in [3.8, 4) is 0 Å².